The molecular formula is C23H26BClO2. The second-order valence-corrected chi connectivity index (χ2v) is 8.88. The van der Waals surface area contributed by atoms with Crippen molar-refractivity contribution in [1.82, 2.24) is 0 Å². The number of aryl methyl sites for hydroxylation is 1. The van der Waals surface area contributed by atoms with Gasteiger partial charge in [-0.15, -0.1) is 0 Å². The Bertz CT molecular complexity index is 885. The molecule has 0 N–H and O–H groups in total. The monoisotopic (exact) mass is 380 g/mol. The van der Waals surface area contributed by atoms with Crippen LogP contribution >= 0.6 is 11.6 Å². The maximum absolute atomic E-state index is 6.61. The summed E-state index contributed by atoms with van der Waals surface area (Å²) in [6, 6.07) is 16.7. The minimum absolute atomic E-state index is 0.377. The molecule has 4 heteroatoms. The van der Waals surface area contributed by atoms with E-state index in [1.165, 1.54) is 16.7 Å². The van der Waals surface area contributed by atoms with E-state index in [1.807, 2.05) is 18.2 Å². The van der Waals surface area contributed by atoms with Gasteiger partial charge in [0.15, 0.2) is 0 Å². The van der Waals surface area contributed by atoms with E-state index in [0.29, 0.717) is 0 Å². The van der Waals surface area contributed by atoms with Gasteiger partial charge >= 0.3 is 7.12 Å². The number of hydrogen-bond acceptors (Lipinski definition) is 2. The molecule has 4 rings (SSSR count). The molecule has 2 nitrogen and oxygen atoms in total. The van der Waals surface area contributed by atoms with E-state index in [1.54, 1.807) is 0 Å². The van der Waals surface area contributed by atoms with Crippen LogP contribution in [0.15, 0.2) is 48.5 Å². The fraction of sp³-hybridized carbons (Fsp3) is 0.391. The van der Waals surface area contributed by atoms with E-state index in [4.69, 9.17) is 20.9 Å². The maximum atomic E-state index is 6.61. The van der Waals surface area contributed by atoms with E-state index in [9.17, 15) is 0 Å². The summed E-state index contributed by atoms with van der Waals surface area (Å²) in [4.78, 5) is 0. The fourth-order valence-corrected chi connectivity index (χ4v) is 4.22. The molecule has 0 unspecified atom stereocenters. The van der Waals surface area contributed by atoms with Crippen LogP contribution in [0.25, 0.3) is 11.0 Å². The van der Waals surface area contributed by atoms with Gasteiger partial charge in [-0.3, -0.25) is 0 Å². The second-order valence-electron chi connectivity index (χ2n) is 8.47. The lowest BCUT2D eigenvalue weighted by atomic mass is 9.69. The lowest BCUT2D eigenvalue weighted by Gasteiger charge is -2.32. The topological polar surface area (TPSA) is 18.5 Å². The number of benzene rings is 2. The van der Waals surface area contributed by atoms with Crippen molar-refractivity contribution in [3.05, 3.63) is 70.2 Å². The number of hydrogen-bond donors (Lipinski definition) is 0. The lowest BCUT2D eigenvalue weighted by Crippen LogP contribution is -2.41. The zero-order valence-electron chi connectivity index (χ0n) is 16.5. The molecule has 0 saturated carbocycles. The molecule has 1 aliphatic heterocycles. The van der Waals surface area contributed by atoms with Crippen molar-refractivity contribution in [2.75, 3.05) is 0 Å². The largest absolute Gasteiger partial charge is 0.495 e. The van der Waals surface area contributed by atoms with Gasteiger partial charge in [0, 0.05) is 5.02 Å². The standard InChI is InChI=1S/C23H26BClO2/c1-22(2)23(3,4)27-24(26-22)21-17-12-6-5-10-16(17)11-9-14-19(21)18-13-7-8-15-20(18)25/h5-8,10,12-13,15H,9,11,14H2,1-4H3. The normalized spacial score (nSPS) is 21.1. The zero-order chi connectivity index (χ0) is 19.2. The molecule has 1 saturated heterocycles. The second kappa shape index (κ2) is 6.81. The molecule has 0 aromatic heterocycles. The maximum Gasteiger partial charge on any atom is 0.495 e. The summed E-state index contributed by atoms with van der Waals surface area (Å²) in [6.45, 7) is 8.41. The average molecular weight is 381 g/mol. The molecule has 1 heterocycles. The van der Waals surface area contributed by atoms with Crippen LogP contribution < -0.4 is 0 Å². The van der Waals surface area contributed by atoms with E-state index < -0.39 is 7.12 Å². The fourth-order valence-electron chi connectivity index (χ4n) is 3.97. The zero-order valence-corrected chi connectivity index (χ0v) is 17.3. The SMILES string of the molecule is CC1(C)OB(C2=C(c3ccccc3Cl)CCCc3ccccc32)OC1(C)C. The molecule has 0 bridgehead atoms. The smallest absolute Gasteiger partial charge is 0.399 e. The molecule has 0 radical (unpaired) electrons. The molecule has 0 atom stereocenters. The lowest BCUT2D eigenvalue weighted by molar-refractivity contribution is 0.00578. The van der Waals surface area contributed by atoms with Crippen molar-refractivity contribution in [2.45, 2.75) is 58.2 Å². The van der Waals surface area contributed by atoms with Crippen molar-refractivity contribution in [3.63, 3.8) is 0 Å². The first-order valence-electron chi connectivity index (χ1n) is 9.72. The van der Waals surface area contributed by atoms with E-state index in [-0.39, 0.29) is 11.2 Å². The van der Waals surface area contributed by atoms with Crippen LogP contribution in [0.3, 0.4) is 0 Å². The number of allylic oxidation sites excluding steroid dienone is 1. The third-order valence-electron chi connectivity index (χ3n) is 6.19. The number of fused-ring (bicyclic) bond motifs is 1. The number of halogens is 1. The predicted octanol–water partition coefficient (Wildman–Crippen LogP) is 6.22. The minimum Gasteiger partial charge on any atom is -0.399 e. The van der Waals surface area contributed by atoms with Crippen molar-refractivity contribution < 1.29 is 9.31 Å². The summed E-state index contributed by atoms with van der Waals surface area (Å²) >= 11 is 6.61. The third-order valence-corrected chi connectivity index (χ3v) is 6.52. The highest BCUT2D eigenvalue weighted by atomic mass is 35.5. The summed E-state index contributed by atoms with van der Waals surface area (Å²) in [5.74, 6) is 0. The van der Waals surface area contributed by atoms with Gasteiger partial charge in [-0.1, -0.05) is 54.1 Å². The third kappa shape index (κ3) is 3.26. The molecule has 0 amide bonds. The molecule has 140 valence electrons. The van der Waals surface area contributed by atoms with Crippen LogP contribution in [0.4, 0.5) is 0 Å². The van der Waals surface area contributed by atoms with Gasteiger partial charge in [-0.25, -0.2) is 0 Å². The Morgan fingerprint density at radius 1 is 0.815 bits per heavy atom. The Morgan fingerprint density at radius 3 is 2.07 bits per heavy atom. The van der Waals surface area contributed by atoms with E-state index in [0.717, 1.165) is 35.3 Å². The van der Waals surface area contributed by atoms with Crippen LogP contribution in [0.5, 0.6) is 0 Å². The van der Waals surface area contributed by atoms with Gasteiger partial charge in [0.1, 0.15) is 0 Å². The first-order chi connectivity index (χ1) is 12.8. The van der Waals surface area contributed by atoms with Crippen LogP contribution in [0, 0.1) is 0 Å². The van der Waals surface area contributed by atoms with Crippen molar-refractivity contribution in [2.24, 2.45) is 0 Å². The molecule has 2 aromatic rings. The molecule has 1 fully saturated rings. The van der Waals surface area contributed by atoms with Crippen molar-refractivity contribution in [1.29, 1.82) is 0 Å². The molecular weight excluding hydrogens is 355 g/mol. The molecule has 2 aliphatic rings. The quantitative estimate of drug-likeness (QED) is 0.576. The Morgan fingerprint density at radius 2 is 1.41 bits per heavy atom. The Labute approximate surface area is 167 Å². The van der Waals surface area contributed by atoms with Gasteiger partial charge in [0.05, 0.1) is 11.2 Å². The molecule has 2 aromatic carbocycles. The van der Waals surface area contributed by atoms with Gasteiger partial charge < -0.3 is 9.31 Å². The summed E-state index contributed by atoms with van der Waals surface area (Å²) in [6.07, 6.45) is 3.09. The first kappa shape index (κ1) is 18.8. The van der Waals surface area contributed by atoms with E-state index >= 15 is 0 Å². The number of rotatable bonds is 2. The van der Waals surface area contributed by atoms with Crippen molar-refractivity contribution in [3.8, 4) is 0 Å². The first-order valence-corrected chi connectivity index (χ1v) is 10.1. The van der Waals surface area contributed by atoms with E-state index in [2.05, 4.69) is 58.0 Å². The van der Waals surface area contributed by atoms with Gasteiger partial charge in [-0.05, 0) is 80.8 Å². The molecule has 0 spiro atoms. The highest BCUT2D eigenvalue weighted by molar-refractivity contribution is 6.71. The highest BCUT2D eigenvalue weighted by Gasteiger charge is 2.53. The van der Waals surface area contributed by atoms with Crippen molar-refractivity contribution >= 4 is 29.8 Å². The van der Waals surface area contributed by atoms with Gasteiger partial charge in [-0.2, -0.15) is 0 Å². The molecule has 1 aliphatic carbocycles. The summed E-state index contributed by atoms with van der Waals surface area (Å²) in [7, 11) is -0.402. The summed E-state index contributed by atoms with van der Waals surface area (Å²) in [5.41, 5.74) is 5.28. The van der Waals surface area contributed by atoms with Gasteiger partial charge in [0.25, 0.3) is 0 Å². The Balaban J connectivity index is 1.94. The van der Waals surface area contributed by atoms with Crippen LogP contribution in [0.2, 0.25) is 5.02 Å². The Hall–Kier alpha value is -1.55. The minimum atomic E-state index is -0.402. The average Bonchev–Trinajstić information content (AvgIpc) is 2.75. The van der Waals surface area contributed by atoms with Gasteiger partial charge in [0.2, 0.25) is 0 Å². The summed E-state index contributed by atoms with van der Waals surface area (Å²) < 4.78 is 13.0. The van der Waals surface area contributed by atoms with Crippen LogP contribution in [0.1, 0.15) is 57.2 Å². The van der Waals surface area contributed by atoms with Crippen LogP contribution in [-0.2, 0) is 15.7 Å². The molecule has 27 heavy (non-hydrogen) atoms. The highest BCUT2D eigenvalue weighted by Crippen LogP contribution is 2.46. The Kier molecular flexibility index (Phi) is 4.74. The van der Waals surface area contributed by atoms with Crippen LogP contribution in [-0.4, -0.2) is 18.3 Å². The predicted molar refractivity (Wildman–Crippen MR) is 114 cm³/mol. The summed E-state index contributed by atoms with van der Waals surface area (Å²) in [5, 5.41) is 0.779.